The quantitative estimate of drug-likeness (QED) is 0.614. The molecule has 162 valence electrons. The molecule has 1 N–H and O–H groups in total. The van der Waals surface area contributed by atoms with E-state index < -0.39 is 6.04 Å². The van der Waals surface area contributed by atoms with Crippen LogP contribution in [-0.2, 0) is 16.0 Å². The molecule has 0 saturated heterocycles. The summed E-state index contributed by atoms with van der Waals surface area (Å²) in [4.78, 5) is 27.2. The van der Waals surface area contributed by atoms with Gasteiger partial charge in [0, 0.05) is 12.6 Å². The number of benzene rings is 2. The summed E-state index contributed by atoms with van der Waals surface area (Å²) in [6, 6.07) is 16.4. The average Bonchev–Trinajstić information content (AvgIpc) is 2.78. The molecule has 0 spiro atoms. The smallest absolute Gasteiger partial charge is 0.261 e. The van der Waals surface area contributed by atoms with Crippen molar-refractivity contribution >= 4 is 11.8 Å². The summed E-state index contributed by atoms with van der Waals surface area (Å²) in [5.41, 5.74) is 1.11. The summed E-state index contributed by atoms with van der Waals surface area (Å²) in [6.07, 6.45) is 1.49. The van der Waals surface area contributed by atoms with Crippen molar-refractivity contribution in [2.75, 3.05) is 20.3 Å². The number of rotatable bonds is 11. The van der Waals surface area contributed by atoms with Gasteiger partial charge in [0.1, 0.15) is 17.5 Å². The first-order chi connectivity index (χ1) is 14.4. The highest BCUT2D eigenvalue weighted by molar-refractivity contribution is 5.88. The number of amides is 2. The molecule has 0 aromatic heterocycles. The maximum Gasteiger partial charge on any atom is 0.261 e. The van der Waals surface area contributed by atoms with Crippen LogP contribution in [0.3, 0.4) is 0 Å². The van der Waals surface area contributed by atoms with E-state index in [0.717, 1.165) is 12.0 Å². The van der Waals surface area contributed by atoms with E-state index in [9.17, 15) is 9.59 Å². The minimum absolute atomic E-state index is 0.0570. The lowest BCUT2D eigenvalue weighted by molar-refractivity contribution is -0.141. The lowest BCUT2D eigenvalue weighted by atomic mass is 10.1. The van der Waals surface area contributed by atoms with E-state index in [2.05, 4.69) is 5.32 Å². The van der Waals surface area contributed by atoms with E-state index in [-0.39, 0.29) is 24.5 Å². The third-order valence-corrected chi connectivity index (χ3v) is 5.07. The monoisotopic (exact) mass is 412 g/mol. The Kier molecular flexibility index (Phi) is 9.19. The minimum atomic E-state index is -0.588. The molecule has 2 aromatic carbocycles. The third-order valence-electron chi connectivity index (χ3n) is 5.07. The van der Waals surface area contributed by atoms with Gasteiger partial charge in [-0.15, -0.1) is 0 Å². The van der Waals surface area contributed by atoms with Crippen molar-refractivity contribution in [2.24, 2.45) is 0 Å². The number of nitrogens with one attached hydrogen (secondary N) is 1. The molecular weight excluding hydrogens is 380 g/mol. The molecule has 0 heterocycles. The number of nitrogens with zero attached hydrogens (tertiary/aromatic N) is 1. The molecule has 6 nitrogen and oxygen atoms in total. The second kappa shape index (κ2) is 11.9. The highest BCUT2D eigenvalue weighted by Gasteiger charge is 2.26. The highest BCUT2D eigenvalue weighted by Crippen LogP contribution is 2.17. The van der Waals surface area contributed by atoms with Crippen molar-refractivity contribution in [3.05, 3.63) is 60.2 Å². The number of hydrogen-bond acceptors (Lipinski definition) is 4. The molecule has 0 bridgehead atoms. The largest absolute Gasteiger partial charge is 0.497 e. The van der Waals surface area contributed by atoms with Crippen molar-refractivity contribution in [3.63, 3.8) is 0 Å². The van der Waals surface area contributed by atoms with Gasteiger partial charge in [0.2, 0.25) is 5.91 Å². The standard InChI is InChI=1S/C24H32N2O4/c1-5-18(2)25-24(28)19(3)26(16-15-20-9-7-6-8-10-20)23(27)17-30-22-13-11-21(29-4)12-14-22/h6-14,18-19H,5,15-17H2,1-4H3,(H,25,28)/t18-,19-/m0/s1. The van der Waals surface area contributed by atoms with E-state index in [1.165, 1.54) is 0 Å². The fourth-order valence-corrected chi connectivity index (χ4v) is 2.94. The predicted octanol–water partition coefficient (Wildman–Crippen LogP) is 3.45. The zero-order valence-electron chi connectivity index (χ0n) is 18.3. The molecule has 30 heavy (non-hydrogen) atoms. The molecule has 0 unspecified atom stereocenters. The molecular formula is C24H32N2O4. The zero-order chi connectivity index (χ0) is 21.9. The molecule has 0 aliphatic carbocycles. The molecule has 0 fully saturated rings. The summed E-state index contributed by atoms with van der Waals surface area (Å²) in [5.74, 6) is 0.904. The lowest BCUT2D eigenvalue weighted by Gasteiger charge is -2.29. The number of hydrogen-bond donors (Lipinski definition) is 1. The maximum atomic E-state index is 13.0. The molecule has 2 rings (SSSR count). The van der Waals surface area contributed by atoms with Crippen molar-refractivity contribution in [1.82, 2.24) is 10.2 Å². The van der Waals surface area contributed by atoms with Crippen LogP contribution in [0.25, 0.3) is 0 Å². The summed E-state index contributed by atoms with van der Waals surface area (Å²) < 4.78 is 10.8. The van der Waals surface area contributed by atoms with Gasteiger partial charge in [-0.3, -0.25) is 9.59 Å². The Hall–Kier alpha value is -3.02. The zero-order valence-corrected chi connectivity index (χ0v) is 18.3. The molecule has 0 aliphatic rings. The van der Waals surface area contributed by atoms with Gasteiger partial charge in [0.15, 0.2) is 6.61 Å². The fraction of sp³-hybridized carbons (Fsp3) is 0.417. The first kappa shape index (κ1) is 23.3. The van der Waals surface area contributed by atoms with Crippen molar-refractivity contribution in [2.45, 2.75) is 45.7 Å². The van der Waals surface area contributed by atoms with Gasteiger partial charge in [-0.05, 0) is 56.5 Å². The Morgan fingerprint density at radius 2 is 1.63 bits per heavy atom. The summed E-state index contributed by atoms with van der Waals surface area (Å²) in [7, 11) is 1.59. The number of carbonyl (C=O) groups is 2. The SMILES string of the molecule is CC[C@H](C)NC(=O)[C@H](C)N(CCc1ccccc1)C(=O)COc1ccc(OC)cc1. The molecule has 6 heteroatoms. The van der Waals surface area contributed by atoms with E-state index >= 15 is 0 Å². The van der Waals surface area contributed by atoms with Crippen LogP contribution in [-0.4, -0.2) is 49.1 Å². The van der Waals surface area contributed by atoms with E-state index in [0.29, 0.717) is 24.5 Å². The van der Waals surface area contributed by atoms with Gasteiger partial charge >= 0.3 is 0 Å². The Bertz CT molecular complexity index is 793. The van der Waals surface area contributed by atoms with Crippen molar-refractivity contribution in [3.8, 4) is 11.5 Å². The second-order valence-corrected chi connectivity index (χ2v) is 7.28. The lowest BCUT2D eigenvalue weighted by Crippen LogP contribution is -2.51. The predicted molar refractivity (Wildman–Crippen MR) is 118 cm³/mol. The Morgan fingerprint density at radius 3 is 2.23 bits per heavy atom. The van der Waals surface area contributed by atoms with Gasteiger partial charge in [0.05, 0.1) is 7.11 Å². The molecule has 2 aromatic rings. The Morgan fingerprint density at radius 1 is 1.00 bits per heavy atom. The van der Waals surface area contributed by atoms with Gasteiger partial charge in [0.25, 0.3) is 5.91 Å². The summed E-state index contributed by atoms with van der Waals surface area (Å²) >= 11 is 0. The van der Waals surface area contributed by atoms with Crippen LogP contribution >= 0.6 is 0 Å². The van der Waals surface area contributed by atoms with Crippen LogP contribution in [0.15, 0.2) is 54.6 Å². The van der Waals surface area contributed by atoms with Crippen LogP contribution in [0.4, 0.5) is 0 Å². The number of ether oxygens (including phenoxy) is 2. The van der Waals surface area contributed by atoms with Crippen molar-refractivity contribution < 1.29 is 19.1 Å². The molecule has 2 amide bonds. The summed E-state index contributed by atoms with van der Waals surface area (Å²) in [6.45, 7) is 6.02. The molecule has 0 aliphatic heterocycles. The van der Waals surface area contributed by atoms with Crippen LogP contribution in [0.2, 0.25) is 0 Å². The minimum Gasteiger partial charge on any atom is -0.497 e. The van der Waals surface area contributed by atoms with E-state index in [4.69, 9.17) is 9.47 Å². The Balaban J connectivity index is 2.05. The average molecular weight is 413 g/mol. The van der Waals surface area contributed by atoms with E-state index in [1.807, 2.05) is 44.2 Å². The molecule has 0 saturated carbocycles. The van der Waals surface area contributed by atoms with Gasteiger partial charge in [-0.2, -0.15) is 0 Å². The normalized spacial score (nSPS) is 12.5. The fourth-order valence-electron chi connectivity index (χ4n) is 2.94. The number of methoxy groups -OCH3 is 1. The summed E-state index contributed by atoms with van der Waals surface area (Å²) in [5, 5.41) is 2.96. The maximum absolute atomic E-state index is 13.0. The first-order valence-corrected chi connectivity index (χ1v) is 10.3. The van der Waals surface area contributed by atoms with E-state index in [1.54, 1.807) is 43.2 Å². The highest BCUT2D eigenvalue weighted by atomic mass is 16.5. The third kappa shape index (κ3) is 7.10. The van der Waals surface area contributed by atoms with Gasteiger partial charge in [-0.1, -0.05) is 37.3 Å². The number of carbonyl (C=O) groups excluding carboxylic acids is 2. The van der Waals surface area contributed by atoms with Crippen LogP contribution in [0.1, 0.15) is 32.8 Å². The first-order valence-electron chi connectivity index (χ1n) is 10.3. The van der Waals surface area contributed by atoms with Crippen molar-refractivity contribution in [1.29, 1.82) is 0 Å². The van der Waals surface area contributed by atoms with Crippen LogP contribution in [0, 0.1) is 0 Å². The van der Waals surface area contributed by atoms with Gasteiger partial charge in [-0.25, -0.2) is 0 Å². The Labute approximate surface area is 179 Å². The second-order valence-electron chi connectivity index (χ2n) is 7.28. The molecule has 2 atom stereocenters. The van der Waals surface area contributed by atoms with Crippen LogP contribution < -0.4 is 14.8 Å². The topological polar surface area (TPSA) is 67.9 Å². The van der Waals surface area contributed by atoms with Gasteiger partial charge < -0.3 is 19.7 Å². The molecule has 0 radical (unpaired) electrons. The van der Waals surface area contributed by atoms with Crippen LogP contribution in [0.5, 0.6) is 11.5 Å².